The van der Waals surface area contributed by atoms with Crippen LogP contribution < -0.4 is 9.64 Å². The number of ether oxygens (including phenoxy) is 1. The quantitative estimate of drug-likeness (QED) is 0.667. The first-order chi connectivity index (χ1) is 17.0. The average molecular weight is 485 g/mol. The lowest BCUT2D eigenvalue weighted by atomic mass is 9.92. The normalized spacial score (nSPS) is 21.4. The molecule has 2 aliphatic rings. The summed E-state index contributed by atoms with van der Waals surface area (Å²) in [7, 11) is -0.141. The number of aliphatic hydroxyl groups excluding tert-OH is 1. The largest absolute Gasteiger partial charge is 0.490 e. The average Bonchev–Trinajstić information content (AvgIpc) is 2.90. The van der Waals surface area contributed by atoms with Gasteiger partial charge in [-0.1, -0.05) is 11.6 Å². The second kappa shape index (κ2) is 11.0. The lowest BCUT2D eigenvalue weighted by Gasteiger charge is -2.34. The van der Waals surface area contributed by atoms with Crippen molar-refractivity contribution < 1.29 is 16.0 Å². The Morgan fingerprint density at radius 1 is 1.24 bits per heavy atom. The number of aliphatic hydroxyl groups is 1. The number of hydrogen-bond acceptors (Lipinski definition) is 7. The Labute approximate surface area is 206 Å². The highest BCUT2D eigenvalue weighted by molar-refractivity contribution is 6.31. The molecular weight excluding hydrogens is 454 g/mol. The molecule has 0 unspecified atom stereocenters. The molecule has 1 aromatic carbocycles. The van der Waals surface area contributed by atoms with Crippen LogP contribution in [0.2, 0.25) is 5.02 Å². The van der Waals surface area contributed by atoms with Gasteiger partial charge in [-0.2, -0.15) is 5.26 Å². The maximum atomic E-state index is 13.1. The van der Waals surface area contributed by atoms with Gasteiger partial charge in [-0.15, -0.1) is 10.2 Å². The minimum absolute atomic E-state index is 0.00742. The van der Waals surface area contributed by atoms with Crippen molar-refractivity contribution in [1.29, 1.82) is 5.26 Å². The molecule has 0 atom stereocenters. The molecule has 9 heteroatoms. The SMILES string of the molecule is [2H]CN(C(=O)c1ccc(N2CCC(CO)CC2)nn1)C1CCC(Oc2ccc(C#N)c(Cl)c2)CC1. The highest BCUT2D eigenvalue weighted by Crippen LogP contribution is 2.29. The standard InChI is InChI=1S/C25H30ClN5O3/c1-30(19-3-6-20(7-4-19)34-21-5-2-18(15-27)22(26)14-21)25(33)23-8-9-24(29-28-23)31-12-10-17(16-32)11-13-31/h2,5,8-9,14,17,19-20,32H,3-4,6-7,10-13,16H2,1H3/i1D. The van der Waals surface area contributed by atoms with E-state index < -0.39 is 0 Å². The molecule has 0 bridgehead atoms. The van der Waals surface area contributed by atoms with E-state index >= 15 is 0 Å². The third kappa shape index (κ3) is 5.60. The number of piperidine rings is 1. The number of aromatic nitrogens is 2. The number of anilines is 1. The lowest BCUT2D eigenvalue weighted by Crippen LogP contribution is -2.41. The highest BCUT2D eigenvalue weighted by atomic mass is 35.5. The van der Waals surface area contributed by atoms with Crippen LogP contribution in [-0.4, -0.2) is 65.0 Å². The van der Waals surface area contributed by atoms with Crippen molar-refractivity contribution in [2.45, 2.75) is 50.7 Å². The molecule has 0 radical (unpaired) electrons. The first-order valence-corrected chi connectivity index (χ1v) is 12.1. The summed E-state index contributed by atoms with van der Waals surface area (Å²) in [6.07, 6.45) is 4.77. The van der Waals surface area contributed by atoms with Crippen molar-refractivity contribution in [2.75, 3.05) is 31.6 Å². The topological polar surface area (TPSA) is 103 Å². The Bertz CT molecular complexity index is 1050. The third-order valence-corrected chi connectivity index (χ3v) is 7.09. The number of nitriles is 1. The van der Waals surface area contributed by atoms with E-state index in [-0.39, 0.29) is 37.4 Å². The first-order valence-electron chi connectivity index (χ1n) is 12.4. The predicted octanol–water partition coefficient (Wildman–Crippen LogP) is 3.67. The number of carbonyl (C=O) groups excluding carboxylic acids is 1. The van der Waals surface area contributed by atoms with Crippen LogP contribution in [-0.2, 0) is 0 Å². The van der Waals surface area contributed by atoms with Crippen LogP contribution >= 0.6 is 11.6 Å². The zero-order chi connectivity index (χ0) is 24.8. The van der Waals surface area contributed by atoms with Crippen molar-refractivity contribution in [3.05, 3.63) is 46.6 Å². The fourth-order valence-corrected chi connectivity index (χ4v) is 4.81. The van der Waals surface area contributed by atoms with Gasteiger partial charge in [0.2, 0.25) is 0 Å². The Kier molecular flexibility index (Phi) is 7.42. The maximum Gasteiger partial charge on any atom is 0.274 e. The highest BCUT2D eigenvalue weighted by Gasteiger charge is 2.29. The zero-order valence-corrected chi connectivity index (χ0v) is 19.8. The molecule has 0 spiro atoms. The number of rotatable bonds is 6. The molecule has 1 saturated heterocycles. The van der Waals surface area contributed by atoms with Crippen LogP contribution in [0.3, 0.4) is 0 Å². The molecule has 2 fully saturated rings. The number of nitrogens with zero attached hydrogens (tertiary/aromatic N) is 5. The van der Waals surface area contributed by atoms with Gasteiger partial charge in [-0.25, -0.2) is 0 Å². The molecule has 180 valence electrons. The number of amides is 1. The Balaban J connectivity index is 1.31. The van der Waals surface area contributed by atoms with E-state index in [0.717, 1.165) is 57.4 Å². The predicted molar refractivity (Wildman–Crippen MR) is 129 cm³/mol. The summed E-state index contributed by atoms with van der Waals surface area (Å²) in [5.41, 5.74) is 0.659. The molecule has 1 N–H and O–H groups in total. The molecule has 2 aromatic rings. The smallest absolute Gasteiger partial charge is 0.274 e. The van der Waals surface area contributed by atoms with Crippen LogP contribution in [0.25, 0.3) is 0 Å². The van der Waals surface area contributed by atoms with Gasteiger partial charge in [-0.05, 0) is 68.7 Å². The van der Waals surface area contributed by atoms with E-state index in [1.165, 1.54) is 0 Å². The molecule has 34 heavy (non-hydrogen) atoms. The van der Waals surface area contributed by atoms with Gasteiger partial charge in [0.15, 0.2) is 11.5 Å². The molecule has 1 amide bonds. The van der Waals surface area contributed by atoms with Crippen molar-refractivity contribution in [3.8, 4) is 11.8 Å². The summed E-state index contributed by atoms with van der Waals surface area (Å²) in [4.78, 5) is 16.8. The van der Waals surface area contributed by atoms with Crippen molar-refractivity contribution >= 4 is 23.3 Å². The van der Waals surface area contributed by atoms with Gasteiger partial charge in [0.05, 0.1) is 16.7 Å². The number of benzene rings is 1. The van der Waals surface area contributed by atoms with Gasteiger partial charge < -0.3 is 19.6 Å². The van der Waals surface area contributed by atoms with Crippen molar-refractivity contribution in [3.63, 3.8) is 0 Å². The van der Waals surface area contributed by atoms with E-state index in [1.54, 1.807) is 29.2 Å². The van der Waals surface area contributed by atoms with E-state index in [1.807, 2.05) is 12.1 Å². The van der Waals surface area contributed by atoms with Crippen LogP contribution in [0.15, 0.2) is 30.3 Å². The van der Waals surface area contributed by atoms with Crippen LogP contribution in [0.1, 0.15) is 55.9 Å². The first kappa shape index (κ1) is 22.9. The Hall–Kier alpha value is -2.89. The van der Waals surface area contributed by atoms with Crippen LogP contribution in [0.4, 0.5) is 5.82 Å². The number of carbonyl (C=O) groups is 1. The molecule has 4 rings (SSSR count). The van der Waals surface area contributed by atoms with Gasteiger partial charge in [0.1, 0.15) is 11.8 Å². The molecule has 8 nitrogen and oxygen atoms in total. The lowest BCUT2D eigenvalue weighted by molar-refractivity contribution is 0.0603. The summed E-state index contributed by atoms with van der Waals surface area (Å²) >= 11 is 6.10. The molecule has 1 aromatic heterocycles. The Morgan fingerprint density at radius 2 is 2.00 bits per heavy atom. The second-order valence-electron chi connectivity index (χ2n) is 8.97. The van der Waals surface area contributed by atoms with Crippen LogP contribution in [0.5, 0.6) is 5.75 Å². The summed E-state index contributed by atoms with van der Waals surface area (Å²) in [6, 6.07) is 10.5. The molecule has 1 aliphatic heterocycles. The zero-order valence-electron chi connectivity index (χ0n) is 20.1. The molecule has 1 saturated carbocycles. The second-order valence-corrected chi connectivity index (χ2v) is 9.37. The number of hydrogen-bond donors (Lipinski definition) is 1. The van der Waals surface area contributed by atoms with Gasteiger partial charge >= 0.3 is 0 Å². The van der Waals surface area contributed by atoms with Crippen LogP contribution in [0, 0.1) is 17.2 Å². The summed E-state index contributed by atoms with van der Waals surface area (Å²) in [5.74, 6) is 1.42. The molecule has 2 heterocycles. The summed E-state index contributed by atoms with van der Waals surface area (Å²) in [5, 5.41) is 27.1. The fraction of sp³-hybridized carbons (Fsp3) is 0.520. The van der Waals surface area contributed by atoms with Crippen molar-refractivity contribution in [2.24, 2.45) is 5.92 Å². The summed E-state index contributed by atoms with van der Waals surface area (Å²) in [6.45, 7) is 1.84. The van der Waals surface area contributed by atoms with E-state index in [0.29, 0.717) is 22.3 Å². The molecule has 1 aliphatic carbocycles. The monoisotopic (exact) mass is 484 g/mol. The van der Waals surface area contributed by atoms with E-state index in [2.05, 4.69) is 15.1 Å². The molecular formula is C25H30ClN5O3. The third-order valence-electron chi connectivity index (χ3n) is 6.78. The van der Waals surface area contributed by atoms with E-state index in [4.69, 9.17) is 23.0 Å². The van der Waals surface area contributed by atoms with E-state index in [9.17, 15) is 9.90 Å². The fourth-order valence-electron chi connectivity index (χ4n) is 4.59. The van der Waals surface area contributed by atoms with Gasteiger partial charge in [-0.3, -0.25) is 4.79 Å². The number of halogens is 1. The minimum Gasteiger partial charge on any atom is -0.490 e. The minimum atomic E-state index is -0.277. The maximum absolute atomic E-state index is 13.1. The van der Waals surface area contributed by atoms with Crippen molar-refractivity contribution in [1.82, 2.24) is 15.1 Å². The van der Waals surface area contributed by atoms with Gasteiger partial charge in [0.25, 0.3) is 5.91 Å². The Morgan fingerprint density at radius 3 is 2.59 bits per heavy atom. The summed E-state index contributed by atoms with van der Waals surface area (Å²) < 4.78 is 14.0. The van der Waals surface area contributed by atoms with Gasteiger partial charge in [0, 0.05) is 40.2 Å².